The molecular formula is C28H29F3N4O3. The highest BCUT2D eigenvalue weighted by molar-refractivity contribution is 6.01. The minimum absolute atomic E-state index is 0.0752. The number of hydrogen-bond donors (Lipinski definition) is 1. The average Bonchev–Trinajstić information content (AvgIpc) is 3.37. The maximum Gasteiger partial charge on any atom is 0.416 e. The molecular weight excluding hydrogens is 497 g/mol. The van der Waals surface area contributed by atoms with Crippen LogP contribution in [-0.2, 0) is 17.6 Å². The summed E-state index contributed by atoms with van der Waals surface area (Å²) in [6, 6.07) is 19.2. The number of rotatable bonds is 8. The summed E-state index contributed by atoms with van der Waals surface area (Å²) < 4.78 is 44.4. The minimum atomic E-state index is -4.43. The van der Waals surface area contributed by atoms with Crippen LogP contribution >= 0.6 is 0 Å². The van der Waals surface area contributed by atoms with E-state index in [9.17, 15) is 18.0 Å². The van der Waals surface area contributed by atoms with Crippen molar-refractivity contribution in [2.45, 2.75) is 25.2 Å². The monoisotopic (exact) mass is 526 g/mol. The summed E-state index contributed by atoms with van der Waals surface area (Å²) in [6.45, 7) is 0.247. The van der Waals surface area contributed by atoms with E-state index in [1.165, 1.54) is 24.1 Å². The molecule has 2 amide bonds. The van der Waals surface area contributed by atoms with Gasteiger partial charge in [-0.2, -0.15) is 13.2 Å². The van der Waals surface area contributed by atoms with Gasteiger partial charge >= 0.3 is 12.2 Å². The first-order valence-electron chi connectivity index (χ1n) is 12.0. The number of ether oxygens (including phenoxy) is 1. The Labute approximate surface area is 219 Å². The second kappa shape index (κ2) is 11.5. The van der Waals surface area contributed by atoms with Crippen LogP contribution in [-0.4, -0.2) is 50.5 Å². The van der Waals surface area contributed by atoms with Crippen molar-refractivity contribution in [3.63, 3.8) is 0 Å². The molecule has 0 saturated heterocycles. The number of amides is 2. The molecule has 0 aromatic heterocycles. The molecule has 1 aliphatic rings. The first-order valence-corrected chi connectivity index (χ1v) is 12.0. The molecule has 0 unspecified atom stereocenters. The molecule has 3 aromatic rings. The third-order valence-electron chi connectivity index (χ3n) is 6.16. The average molecular weight is 527 g/mol. The van der Waals surface area contributed by atoms with Crippen molar-refractivity contribution in [1.29, 1.82) is 0 Å². The fourth-order valence-corrected chi connectivity index (χ4v) is 4.08. The molecule has 10 heteroatoms. The molecule has 200 valence electrons. The van der Waals surface area contributed by atoms with Gasteiger partial charge in [0.25, 0.3) is 0 Å². The topological polar surface area (TPSA) is 66.4 Å². The number of anilines is 2. The third kappa shape index (κ3) is 6.56. The highest BCUT2D eigenvalue weighted by atomic mass is 19.4. The fraction of sp³-hybridized carbons (Fsp3) is 0.286. The highest BCUT2D eigenvalue weighted by Crippen LogP contribution is 2.30. The van der Waals surface area contributed by atoms with E-state index >= 15 is 0 Å². The molecule has 7 nitrogen and oxygen atoms in total. The Hall–Kier alpha value is -4.21. The summed E-state index contributed by atoms with van der Waals surface area (Å²) in [6.07, 6.45) is -4.38. The Balaban J connectivity index is 1.49. The van der Waals surface area contributed by atoms with E-state index in [1.807, 2.05) is 43.3 Å². The van der Waals surface area contributed by atoms with Gasteiger partial charge in [-0.15, -0.1) is 0 Å². The number of nitrogens with zero attached hydrogens (tertiary/aromatic N) is 3. The summed E-state index contributed by atoms with van der Waals surface area (Å²) in [4.78, 5) is 22.5. The number of carbonyl (C=O) groups is 1. The zero-order valence-electron chi connectivity index (χ0n) is 21.3. The number of hydrogen-bond acceptors (Lipinski definition) is 5. The van der Waals surface area contributed by atoms with E-state index in [4.69, 9.17) is 9.57 Å². The van der Waals surface area contributed by atoms with Crippen LogP contribution in [0.4, 0.5) is 29.3 Å². The van der Waals surface area contributed by atoms with E-state index in [-0.39, 0.29) is 13.1 Å². The van der Waals surface area contributed by atoms with Gasteiger partial charge in [0.1, 0.15) is 5.75 Å². The van der Waals surface area contributed by atoms with Crippen LogP contribution in [0, 0.1) is 0 Å². The number of para-hydroxylation sites is 2. The molecule has 0 saturated carbocycles. The third-order valence-corrected chi connectivity index (χ3v) is 6.16. The summed E-state index contributed by atoms with van der Waals surface area (Å²) in [5.74, 6) is 0.485. The van der Waals surface area contributed by atoms with Gasteiger partial charge in [0, 0.05) is 32.7 Å². The lowest BCUT2D eigenvalue weighted by molar-refractivity contribution is -0.137. The Kier molecular flexibility index (Phi) is 8.09. The predicted octanol–water partition coefficient (Wildman–Crippen LogP) is 6.01. The molecule has 1 aliphatic heterocycles. The van der Waals surface area contributed by atoms with Gasteiger partial charge in [-0.05, 0) is 47.5 Å². The highest BCUT2D eigenvalue weighted by Gasteiger charge is 2.31. The maximum atomic E-state index is 13.3. The number of alkyl halides is 3. The number of methoxy groups -OCH3 is 1. The van der Waals surface area contributed by atoms with Gasteiger partial charge in [0.15, 0.2) is 6.10 Å². The second-order valence-electron chi connectivity index (χ2n) is 9.12. The van der Waals surface area contributed by atoms with E-state index < -0.39 is 23.9 Å². The summed E-state index contributed by atoms with van der Waals surface area (Å²) >= 11 is 0. The zero-order valence-corrected chi connectivity index (χ0v) is 21.3. The van der Waals surface area contributed by atoms with Crippen molar-refractivity contribution in [2.75, 3.05) is 38.0 Å². The number of carbonyl (C=O) groups excluding carboxylic acids is 1. The Morgan fingerprint density at radius 3 is 2.37 bits per heavy atom. The van der Waals surface area contributed by atoms with Gasteiger partial charge in [0.2, 0.25) is 0 Å². The lowest BCUT2D eigenvalue weighted by atomic mass is 10.0. The van der Waals surface area contributed by atoms with Crippen LogP contribution in [0.2, 0.25) is 0 Å². The first kappa shape index (κ1) is 26.8. The number of urea groups is 1. The van der Waals surface area contributed by atoms with E-state index in [1.54, 1.807) is 24.3 Å². The fourth-order valence-electron chi connectivity index (χ4n) is 4.08. The van der Waals surface area contributed by atoms with Gasteiger partial charge in [0.05, 0.1) is 30.6 Å². The van der Waals surface area contributed by atoms with Gasteiger partial charge in [-0.3, -0.25) is 0 Å². The van der Waals surface area contributed by atoms with E-state index in [0.29, 0.717) is 23.4 Å². The lowest BCUT2D eigenvalue weighted by Crippen LogP contribution is -2.40. The summed E-state index contributed by atoms with van der Waals surface area (Å²) in [7, 11) is 5.42. The van der Waals surface area contributed by atoms with Crippen LogP contribution in [0.15, 0.2) is 78.0 Å². The summed E-state index contributed by atoms with van der Waals surface area (Å²) in [5.41, 5.74) is 3.02. The summed E-state index contributed by atoms with van der Waals surface area (Å²) in [5, 5.41) is 7.07. The van der Waals surface area contributed by atoms with Crippen LogP contribution in [0.5, 0.6) is 5.75 Å². The quantitative estimate of drug-likeness (QED) is 0.391. The van der Waals surface area contributed by atoms with Gasteiger partial charge in [-0.25, -0.2) is 4.79 Å². The predicted molar refractivity (Wildman–Crippen MR) is 141 cm³/mol. The van der Waals surface area contributed by atoms with Gasteiger partial charge in [-0.1, -0.05) is 41.6 Å². The van der Waals surface area contributed by atoms with Crippen LogP contribution in [0.1, 0.15) is 23.1 Å². The van der Waals surface area contributed by atoms with Crippen LogP contribution in [0.3, 0.4) is 0 Å². The van der Waals surface area contributed by atoms with Crippen molar-refractivity contribution in [3.8, 4) is 5.75 Å². The second-order valence-corrected chi connectivity index (χ2v) is 9.12. The van der Waals surface area contributed by atoms with Crippen molar-refractivity contribution in [2.24, 2.45) is 5.16 Å². The smallest absolute Gasteiger partial charge is 0.416 e. The Morgan fingerprint density at radius 1 is 1.05 bits per heavy atom. The molecule has 0 bridgehead atoms. The first-order chi connectivity index (χ1) is 18.1. The molecule has 4 rings (SSSR count). The maximum absolute atomic E-state index is 13.3. The standard InChI is InChI=1S/C28H29F3N4O3/c1-34(2)22-14-10-20(11-15-22)25-16-23(38-33-25)18-35(17-19-8-12-21(13-9-19)28(29,30)31)27(36)32-24-6-4-5-7-26(24)37-3/h4-15,23H,16-18H2,1-3H3,(H,32,36)/t23-/m1/s1. The normalized spacial score (nSPS) is 14.9. The number of benzene rings is 3. The van der Waals surface area contributed by atoms with Crippen molar-refractivity contribution < 1.29 is 27.5 Å². The Bertz CT molecular complexity index is 1280. The lowest BCUT2D eigenvalue weighted by Gasteiger charge is -2.26. The van der Waals surface area contributed by atoms with Crippen LogP contribution < -0.4 is 15.0 Å². The van der Waals surface area contributed by atoms with E-state index in [2.05, 4.69) is 10.5 Å². The minimum Gasteiger partial charge on any atom is -0.495 e. The van der Waals surface area contributed by atoms with Gasteiger partial charge < -0.3 is 24.7 Å². The molecule has 0 radical (unpaired) electrons. The molecule has 1 atom stereocenters. The Morgan fingerprint density at radius 2 is 1.74 bits per heavy atom. The molecule has 0 aliphatic carbocycles. The molecule has 0 spiro atoms. The van der Waals surface area contributed by atoms with E-state index in [0.717, 1.165) is 29.1 Å². The molecule has 1 heterocycles. The largest absolute Gasteiger partial charge is 0.495 e. The zero-order chi connectivity index (χ0) is 27.3. The number of oxime groups is 1. The van der Waals surface area contributed by atoms with Crippen LogP contribution in [0.25, 0.3) is 0 Å². The number of halogens is 3. The van der Waals surface area contributed by atoms with Crippen molar-refractivity contribution >= 4 is 23.1 Å². The number of nitrogens with one attached hydrogen (secondary N) is 1. The molecule has 1 N–H and O–H groups in total. The molecule has 38 heavy (non-hydrogen) atoms. The molecule has 3 aromatic carbocycles. The SMILES string of the molecule is COc1ccccc1NC(=O)N(Cc1ccc(C(F)(F)F)cc1)C[C@H]1CC(c2ccc(N(C)C)cc2)=NO1. The molecule has 0 fully saturated rings. The van der Waals surface area contributed by atoms with Crippen molar-refractivity contribution in [1.82, 2.24) is 4.90 Å². The van der Waals surface area contributed by atoms with Crippen molar-refractivity contribution in [3.05, 3.63) is 89.5 Å².